The van der Waals surface area contributed by atoms with E-state index in [9.17, 15) is 4.79 Å². The number of hydrogen-bond acceptors (Lipinski definition) is 4. The summed E-state index contributed by atoms with van der Waals surface area (Å²) in [6, 6.07) is 6.26. The number of carbonyl (C=O) groups excluding carboxylic acids is 1. The summed E-state index contributed by atoms with van der Waals surface area (Å²) in [7, 11) is 8.13. The first-order valence-electron chi connectivity index (χ1n) is 7.97. The van der Waals surface area contributed by atoms with Crippen molar-refractivity contribution in [1.82, 2.24) is 4.90 Å². The molecule has 1 heterocycles. The van der Waals surface area contributed by atoms with Gasteiger partial charge in [-0.05, 0) is 30.4 Å². The van der Waals surface area contributed by atoms with Crippen molar-refractivity contribution in [2.24, 2.45) is 0 Å². The Morgan fingerprint density at radius 1 is 1.12 bits per heavy atom. The zero-order valence-electron chi connectivity index (χ0n) is 14.8. The normalized spacial score (nSPS) is 16.2. The maximum atomic E-state index is 12.4. The van der Waals surface area contributed by atoms with Crippen LogP contribution in [0.3, 0.4) is 0 Å². The highest BCUT2D eigenvalue weighted by Crippen LogP contribution is 2.47. The Balaban J connectivity index is 2.07. The maximum absolute atomic E-state index is 12.4. The topological polar surface area (TPSA) is 26.8 Å². The van der Waals surface area contributed by atoms with Gasteiger partial charge in [-0.25, -0.2) is 0 Å². The predicted octanol–water partition coefficient (Wildman–Crippen LogP) is 3.83. The third-order valence-corrected chi connectivity index (χ3v) is 5.37. The Morgan fingerprint density at radius 3 is 2.50 bits per heavy atom. The molecular weight excluding hydrogens is 318 g/mol. The van der Waals surface area contributed by atoms with Gasteiger partial charge in [0.25, 0.3) is 0 Å². The number of likely N-dealkylation sites (N-methyl/N-ethyl adjacent to an activating group) is 1. The lowest BCUT2D eigenvalue weighted by Gasteiger charge is -2.31. The maximum Gasteiger partial charge on any atom is 0.228 e. The number of benzene rings is 1. The lowest BCUT2D eigenvalue weighted by molar-refractivity contribution is -0.116. The van der Waals surface area contributed by atoms with Crippen molar-refractivity contribution in [1.29, 1.82) is 0 Å². The minimum atomic E-state index is 0.0413. The number of amides is 1. The van der Waals surface area contributed by atoms with Crippen LogP contribution >= 0.6 is 11.8 Å². The molecule has 0 fully saturated rings. The fourth-order valence-corrected chi connectivity index (χ4v) is 4.04. The van der Waals surface area contributed by atoms with E-state index >= 15 is 0 Å². The van der Waals surface area contributed by atoms with Gasteiger partial charge in [0, 0.05) is 62.7 Å². The van der Waals surface area contributed by atoms with Gasteiger partial charge in [-0.2, -0.15) is 0 Å². The van der Waals surface area contributed by atoms with Gasteiger partial charge in [-0.3, -0.25) is 9.69 Å². The van der Waals surface area contributed by atoms with Crippen LogP contribution in [0.25, 0.3) is 0 Å². The molecule has 0 N–H and O–H groups in total. The monoisotopic (exact) mass is 341 g/mol. The molecule has 5 heteroatoms. The van der Waals surface area contributed by atoms with Crippen molar-refractivity contribution in [3.8, 4) is 0 Å². The lowest BCUT2D eigenvalue weighted by Crippen LogP contribution is -2.30. The minimum absolute atomic E-state index is 0.0413. The van der Waals surface area contributed by atoms with Gasteiger partial charge in [-0.1, -0.05) is 17.8 Å². The molecular formula is C19H23N3OS. The molecule has 0 spiro atoms. The van der Waals surface area contributed by atoms with Crippen molar-refractivity contribution in [2.45, 2.75) is 18.2 Å². The highest BCUT2D eigenvalue weighted by molar-refractivity contribution is 8.03. The molecule has 24 heavy (non-hydrogen) atoms. The summed E-state index contributed by atoms with van der Waals surface area (Å²) < 4.78 is 0. The first-order valence-corrected chi connectivity index (χ1v) is 8.78. The van der Waals surface area contributed by atoms with Crippen LogP contribution in [0.2, 0.25) is 0 Å². The van der Waals surface area contributed by atoms with Gasteiger partial charge in [0.2, 0.25) is 5.91 Å². The van der Waals surface area contributed by atoms with Crippen LogP contribution in [-0.4, -0.2) is 39.0 Å². The van der Waals surface area contributed by atoms with Crippen LogP contribution in [0.15, 0.2) is 57.6 Å². The molecule has 1 aliphatic heterocycles. The van der Waals surface area contributed by atoms with Crippen LogP contribution < -0.4 is 9.80 Å². The molecule has 0 saturated carbocycles. The van der Waals surface area contributed by atoms with Crippen LogP contribution in [0, 0.1) is 0 Å². The van der Waals surface area contributed by atoms with Crippen LogP contribution in [0.4, 0.5) is 11.4 Å². The highest BCUT2D eigenvalue weighted by Gasteiger charge is 2.28. The van der Waals surface area contributed by atoms with E-state index in [1.165, 1.54) is 4.91 Å². The number of nitrogens with zero attached hydrogens (tertiary/aromatic N) is 3. The van der Waals surface area contributed by atoms with Crippen LogP contribution in [0.1, 0.15) is 13.3 Å². The summed E-state index contributed by atoms with van der Waals surface area (Å²) in [5, 5.41) is 0. The second-order valence-corrected chi connectivity index (χ2v) is 7.51. The molecule has 1 aliphatic carbocycles. The van der Waals surface area contributed by atoms with Crippen molar-refractivity contribution in [3.05, 3.63) is 52.7 Å². The van der Waals surface area contributed by atoms with E-state index in [0.29, 0.717) is 0 Å². The molecule has 126 valence electrons. The third kappa shape index (κ3) is 2.96. The largest absolute Gasteiger partial charge is 0.378 e. The lowest BCUT2D eigenvalue weighted by atomic mass is 10.2. The Bertz CT molecular complexity index is 775. The molecule has 0 bridgehead atoms. The quantitative estimate of drug-likeness (QED) is 0.817. The van der Waals surface area contributed by atoms with Crippen molar-refractivity contribution in [2.75, 3.05) is 38.0 Å². The molecule has 1 aromatic carbocycles. The van der Waals surface area contributed by atoms with Gasteiger partial charge >= 0.3 is 0 Å². The van der Waals surface area contributed by atoms with E-state index in [4.69, 9.17) is 0 Å². The number of allylic oxidation sites excluding steroid dienone is 4. The Morgan fingerprint density at radius 2 is 1.88 bits per heavy atom. The molecule has 0 unspecified atom stereocenters. The number of carbonyl (C=O) groups is 1. The van der Waals surface area contributed by atoms with Crippen molar-refractivity contribution >= 4 is 29.0 Å². The summed E-state index contributed by atoms with van der Waals surface area (Å²) in [6.45, 7) is 1.63. The fourth-order valence-electron chi connectivity index (χ4n) is 2.90. The molecule has 1 aromatic rings. The van der Waals surface area contributed by atoms with E-state index in [0.717, 1.165) is 34.1 Å². The Kier molecular flexibility index (Phi) is 4.45. The summed E-state index contributed by atoms with van der Waals surface area (Å²) in [5.41, 5.74) is 4.26. The van der Waals surface area contributed by atoms with Gasteiger partial charge in [0.1, 0.15) is 0 Å². The van der Waals surface area contributed by atoms with Gasteiger partial charge in [-0.15, -0.1) is 0 Å². The second-order valence-electron chi connectivity index (χ2n) is 6.37. The Hall–Kier alpha value is -2.14. The molecule has 0 aromatic heterocycles. The van der Waals surface area contributed by atoms with Gasteiger partial charge < -0.3 is 9.80 Å². The molecule has 0 saturated heterocycles. The summed E-state index contributed by atoms with van der Waals surface area (Å²) in [6.07, 6.45) is 7.18. The van der Waals surface area contributed by atoms with Crippen molar-refractivity contribution < 1.29 is 4.79 Å². The molecule has 3 rings (SSSR count). The smallest absolute Gasteiger partial charge is 0.228 e. The van der Waals surface area contributed by atoms with Gasteiger partial charge in [0.05, 0.1) is 11.4 Å². The van der Waals surface area contributed by atoms with E-state index in [1.54, 1.807) is 18.7 Å². The minimum Gasteiger partial charge on any atom is -0.378 e. The SMILES string of the molecule is CC(=O)N1C2=C(CC=C(N(C)C)C=C2)Sc2cc(N(C)C)ccc21. The number of thioether (sulfide) groups is 1. The fraction of sp³-hybridized carbons (Fsp3) is 0.316. The molecule has 2 aliphatic rings. The molecule has 0 atom stereocenters. The second kappa shape index (κ2) is 6.40. The predicted molar refractivity (Wildman–Crippen MR) is 102 cm³/mol. The van der Waals surface area contributed by atoms with E-state index in [1.807, 2.05) is 39.2 Å². The Labute approximate surface area is 148 Å². The highest BCUT2D eigenvalue weighted by atomic mass is 32.2. The average molecular weight is 341 g/mol. The van der Waals surface area contributed by atoms with Crippen LogP contribution in [-0.2, 0) is 4.79 Å². The van der Waals surface area contributed by atoms with E-state index in [2.05, 4.69) is 40.2 Å². The number of rotatable bonds is 2. The third-order valence-electron chi connectivity index (χ3n) is 4.20. The van der Waals surface area contributed by atoms with E-state index in [-0.39, 0.29) is 5.91 Å². The average Bonchev–Trinajstić information content (AvgIpc) is 2.73. The van der Waals surface area contributed by atoms with Crippen LogP contribution in [0.5, 0.6) is 0 Å². The molecule has 0 radical (unpaired) electrons. The zero-order valence-corrected chi connectivity index (χ0v) is 15.6. The molecule has 4 nitrogen and oxygen atoms in total. The summed E-state index contributed by atoms with van der Waals surface area (Å²) in [4.78, 5) is 20.7. The number of anilines is 2. The van der Waals surface area contributed by atoms with Crippen molar-refractivity contribution in [3.63, 3.8) is 0 Å². The first kappa shape index (κ1) is 16.7. The zero-order chi connectivity index (χ0) is 17.4. The summed E-state index contributed by atoms with van der Waals surface area (Å²) >= 11 is 1.77. The number of hydrogen-bond donors (Lipinski definition) is 0. The van der Waals surface area contributed by atoms with Gasteiger partial charge in [0.15, 0.2) is 0 Å². The molecule has 1 amide bonds. The number of fused-ring (bicyclic) bond motifs is 1. The van der Waals surface area contributed by atoms with E-state index < -0.39 is 0 Å². The standard InChI is InChI=1S/C19H23N3OS/c1-13(23)22-16-9-6-14(20(2)3)8-11-18(16)24-19-12-15(21(4)5)7-10-17(19)22/h6-10,12H,11H2,1-5H3. The summed E-state index contributed by atoms with van der Waals surface area (Å²) in [5.74, 6) is 0.0413. The first-order chi connectivity index (χ1) is 11.4.